The van der Waals surface area contributed by atoms with Crippen LogP contribution >= 0.6 is 11.6 Å². The third-order valence-electron chi connectivity index (χ3n) is 2.41. The number of carbonyl (C=O) groups excluding carboxylic acids is 1. The minimum atomic E-state index is -4.54. The van der Waals surface area contributed by atoms with Gasteiger partial charge in [0, 0.05) is 0 Å². The van der Waals surface area contributed by atoms with Crippen molar-refractivity contribution in [2.24, 2.45) is 5.73 Å². The summed E-state index contributed by atoms with van der Waals surface area (Å²) in [6.07, 6.45) is -4.65. The number of hydrogen-bond acceptors (Lipinski definition) is 3. The molecule has 0 saturated carbocycles. The van der Waals surface area contributed by atoms with Crippen LogP contribution in [0.3, 0.4) is 0 Å². The second kappa shape index (κ2) is 6.25. The van der Waals surface area contributed by atoms with E-state index in [0.717, 1.165) is 6.07 Å². The molecule has 1 rings (SSSR count). The van der Waals surface area contributed by atoms with Gasteiger partial charge in [-0.25, -0.2) is 0 Å². The maximum atomic E-state index is 12.6. The summed E-state index contributed by atoms with van der Waals surface area (Å²) in [6, 6.07) is 2.46. The molecule has 1 atom stereocenters. The number of carbonyl (C=O) groups is 1. The van der Waals surface area contributed by atoms with Crippen LogP contribution in [0.25, 0.3) is 0 Å². The van der Waals surface area contributed by atoms with Gasteiger partial charge in [-0.15, -0.1) is 0 Å². The van der Waals surface area contributed by atoms with Crippen LogP contribution in [0.5, 0.6) is 0 Å². The third-order valence-corrected chi connectivity index (χ3v) is 2.86. The maximum Gasteiger partial charge on any atom is 0.417 e. The molecule has 7 heteroatoms. The molecule has 1 aromatic carbocycles. The standard InChI is InChI=1S/C12H13ClF3NO2/c1-2-19-11(18)9(17)6-7-4-3-5-8(10(7)13)12(14,15)16/h3-5,9H,2,6,17H2,1H3. The van der Waals surface area contributed by atoms with E-state index in [1.54, 1.807) is 6.92 Å². The molecule has 0 amide bonds. The first-order chi connectivity index (χ1) is 8.77. The molecule has 0 aliphatic carbocycles. The zero-order chi connectivity index (χ0) is 14.6. The Hall–Kier alpha value is -1.27. The van der Waals surface area contributed by atoms with Crippen molar-refractivity contribution in [2.75, 3.05) is 6.61 Å². The van der Waals surface area contributed by atoms with E-state index in [4.69, 9.17) is 17.3 Å². The van der Waals surface area contributed by atoms with E-state index < -0.39 is 28.8 Å². The van der Waals surface area contributed by atoms with E-state index in [0.29, 0.717) is 0 Å². The Kier molecular flexibility index (Phi) is 5.20. The van der Waals surface area contributed by atoms with E-state index in [9.17, 15) is 18.0 Å². The monoisotopic (exact) mass is 295 g/mol. The molecule has 0 bridgehead atoms. The highest BCUT2D eigenvalue weighted by molar-refractivity contribution is 6.32. The van der Waals surface area contributed by atoms with Crippen molar-refractivity contribution >= 4 is 17.6 Å². The third kappa shape index (κ3) is 4.11. The fraction of sp³-hybridized carbons (Fsp3) is 0.417. The molecule has 3 nitrogen and oxygen atoms in total. The Bertz CT molecular complexity index is 463. The first-order valence-electron chi connectivity index (χ1n) is 5.54. The van der Waals surface area contributed by atoms with Gasteiger partial charge >= 0.3 is 12.1 Å². The number of nitrogens with two attached hydrogens (primary N) is 1. The molecule has 106 valence electrons. The van der Waals surface area contributed by atoms with Crippen molar-refractivity contribution in [2.45, 2.75) is 25.6 Å². The predicted molar refractivity (Wildman–Crippen MR) is 64.8 cm³/mol. The molecular weight excluding hydrogens is 283 g/mol. The van der Waals surface area contributed by atoms with E-state index in [2.05, 4.69) is 4.74 Å². The lowest BCUT2D eigenvalue weighted by Crippen LogP contribution is -2.34. The number of benzene rings is 1. The van der Waals surface area contributed by atoms with Crippen LogP contribution in [0.15, 0.2) is 18.2 Å². The normalized spacial score (nSPS) is 13.2. The van der Waals surface area contributed by atoms with Gasteiger partial charge in [-0.05, 0) is 25.0 Å². The predicted octanol–water partition coefficient (Wildman–Crippen LogP) is 2.79. The lowest BCUT2D eigenvalue weighted by atomic mass is 10.0. The van der Waals surface area contributed by atoms with Gasteiger partial charge in [0.15, 0.2) is 0 Å². The lowest BCUT2D eigenvalue weighted by molar-refractivity contribution is -0.144. The highest BCUT2D eigenvalue weighted by atomic mass is 35.5. The molecule has 0 aromatic heterocycles. The Morgan fingerprint density at radius 2 is 2.11 bits per heavy atom. The van der Waals surface area contributed by atoms with Crippen molar-refractivity contribution < 1.29 is 22.7 Å². The molecule has 0 spiro atoms. The number of rotatable bonds is 4. The molecule has 0 aliphatic heterocycles. The molecule has 0 aliphatic rings. The van der Waals surface area contributed by atoms with Crippen LogP contribution in [0.1, 0.15) is 18.1 Å². The first kappa shape index (κ1) is 15.8. The zero-order valence-electron chi connectivity index (χ0n) is 10.1. The van der Waals surface area contributed by atoms with E-state index in [1.807, 2.05) is 0 Å². The fourth-order valence-corrected chi connectivity index (χ4v) is 1.84. The minimum absolute atomic E-state index is 0.110. The summed E-state index contributed by atoms with van der Waals surface area (Å²) in [7, 11) is 0. The van der Waals surface area contributed by atoms with Crippen molar-refractivity contribution in [3.63, 3.8) is 0 Å². The summed E-state index contributed by atoms with van der Waals surface area (Å²) in [5.41, 5.74) is 4.77. The number of esters is 1. The molecule has 0 radical (unpaired) electrons. The molecule has 0 heterocycles. The van der Waals surface area contributed by atoms with Crippen LogP contribution in [0, 0.1) is 0 Å². The van der Waals surface area contributed by atoms with E-state index in [1.165, 1.54) is 12.1 Å². The van der Waals surface area contributed by atoms with Gasteiger partial charge in [-0.1, -0.05) is 23.7 Å². The summed E-state index contributed by atoms with van der Waals surface area (Å²) in [6.45, 7) is 1.77. The Balaban J connectivity index is 2.94. The molecule has 0 fully saturated rings. The summed E-state index contributed by atoms with van der Waals surface area (Å²) in [5.74, 6) is -0.670. The second-order valence-corrected chi connectivity index (χ2v) is 4.22. The second-order valence-electron chi connectivity index (χ2n) is 3.84. The molecule has 19 heavy (non-hydrogen) atoms. The van der Waals surface area contributed by atoms with Crippen molar-refractivity contribution in [1.29, 1.82) is 0 Å². The average molecular weight is 296 g/mol. The maximum absolute atomic E-state index is 12.6. The minimum Gasteiger partial charge on any atom is -0.465 e. The van der Waals surface area contributed by atoms with Crippen LogP contribution in [-0.4, -0.2) is 18.6 Å². The first-order valence-corrected chi connectivity index (χ1v) is 5.92. The quantitative estimate of drug-likeness (QED) is 0.869. The van der Waals surface area contributed by atoms with Crippen molar-refractivity contribution in [3.05, 3.63) is 34.3 Å². The SMILES string of the molecule is CCOC(=O)C(N)Cc1cccc(C(F)(F)F)c1Cl. The lowest BCUT2D eigenvalue weighted by Gasteiger charge is -2.15. The summed E-state index contributed by atoms with van der Waals surface area (Å²) in [5, 5.41) is -0.435. The van der Waals surface area contributed by atoms with Gasteiger partial charge < -0.3 is 10.5 Å². The zero-order valence-corrected chi connectivity index (χ0v) is 10.9. The van der Waals surface area contributed by atoms with Crippen LogP contribution in [-0.2, 0) is 22.1 Å². The molecular formula is C12H13ClF3NO2. The van der Waals surface area contributed by atoms with Gasteiger partial charge in [0.05, 0.1) is 17.2 Å². The van der Waals surface area contributed by atoms with Crippen LogP contribution in [0.4, 0.5) is 13.2 Å². The smallest absolute Gasteiger partial charge is 0.417 e. The van der Waals surface area contributed by atoms with E-state index in [-0.39, 0.29) is 18.6 Å². The highest BCUT2D eigenvalue weighted by Gasteiger charge is 2.34. The van der Waals surface area contributed by atoms with Gasteiger partial charge in [-0.2, -0.15) is 13.2 Å². The Morgan fingerprint density at radius 3 is 2.63 bits per heavy atom. The summed E-state index contributed by atoms with van der Waals surface area (Å²) >= 11 is 5.69. The topological polar surface area (TPSA) is 52.3 Å². The molecule has 1 aromatic rings. The van der Waals surface area contributed by atoms with Gasteiger partial charge in [0.2, 0.25) is 0 Å². The number of halogens is 4. The fourth-order valence-electron chi connectivity index (χ4n) is 1.53. The van der Waals surface area contributed by atoms with Crippen LogP contribution < -0.4 is 5.73 Å². The summed E-state index contributed by atoms with van der Waals surface area (Å²) in [4.78, 5) is 11.3. The van der Waals surface area contributed by atoms with E-state index >= 15 is 0 Å². The molecule has 1 unspecified atom stereocenters. The van der Waals surface area contributed by atoms with Crippen molar-refractivity contribution in [3.8, 4) is 0 Å². The van der Waals surface area contributed by atoms with Gasteiger partial charge in [-0.3, -0.25) is 4.79 Å². The average Bonchev–Trinajstić information content (AvgIpc) is 2.30. The molecule has 0 saturated heterocycles. The van der Waals surface area contributed by atoms with Gasteiger partial charge in [0.25, 0.3) is 0 Å². The summed E-state index contributed by atoms with van der Waals surface area (Å²) < 4.78 is 42.6. The Morgan fingerprint density at radius 1 is 1.47 bits per heavy atom. The Labute approximate surface area is 113 Å². The number of hydrogen-bond donors (Lipinski definition) is 1. The number of alkyl halides is 3. The largest absolute Gasteiger partial charge is 0.465 e. The molecule has 2 N–H and O–H groups in total. The van der Waals surface area contributed by atoms with Gasteiger partial charge in [0.1, 0.15) is 6.04 Å². The van der Waals surface area contributed by atoms with Crippen molar-refractivity contribution in [1.82, 2.24) is 0 Å². The van der Waals surface area contributed by atoms with Crippen LogP contribution in [0.2, 0.25) is 5.02 Å². The highest BCUT2D eigenvalue weighted by Crippen LogP contribution is 2.36. The number of ether oxygens (including phenoxy) is 1.